The van der Waals surface area contributed by atoms with Crippen molar-refractivity contribution in [2.24, 2.45) is 12.8 Å². The maximum atomic E-state index is 6.26. The third-order valence-corrected chi connectivity index (χ3v) is 3.31. The van der Waals surface area contributed by atoms with Gasteiger partial charge in [-0.25, -0.2) is 0 Å². The van der Waals surface area contributed by atoms with Crippen LogP contribution >= 0.6 is 0 Å². The van der Waals surface area contributed by atoms with Gasteiger partial charge in [-0.1, -0.05) is 45.0 Å². The van der Waals surface area contributed by atoms with Crippen LogP contribution in [0.2, 0.25) is 0 Å². The van der Waals surface area contributed by atoms with E-state index < -0.39 is 0 Å². The van der Waals surface area contributed by atoms with Gasteiger partial charge in [-0.3, -0.25) is 4.68 Å². The molecule has 1 atom stereocenters. The average Bonchev–Trinajstić information content (AvgIpc) is 2.73. The van der Waals surface area contributed by atoms with E-state index in [0.717, 1.165) is 11.3 Å². The Kier molecular flexibility index (Phi) is 3.26. The minimum atomic E-state index is -0.119. The monoisotopic (exact) mass is 243 g/mol. The zero-order valence-electron chi connectivity index (χ0n) is 11.5. The van der Waals surface area contributed by atoms with Gasteiger partial charge < -0.3 is 5.73 Å². The third-order valence-electron chi connectivity index (χ3n) is 3.31. The molecule has 0 spiro atoms. The summed E-state index contributed by atoms with van der Waals surface area (Å²) in [5, 5.41) is 4.16. The standard InChI is InChI=1S/C15H21N3/c1-15(2,3)12-7-5-11(6-8-12)14(16)13-9-10-17-18(13)4/h5-10,14H,16H2,1-4H3. The summed E-state index contributed by atoms with van der Waals surface area (Å²) < 4.78 is 1.82. The normalized spacial score (nSPS) is 13.6. The largest absolute Gasteiger partial charge is 0.319 e. The molecule has 0 radical (unpaired) electrons. The molecule has 1 aromatic carbocycles. The van der Waals surface area contributed by atoms with Crippen LogP contribution in [-0.2, 0) is 12.5 Å². The molecule has 0 amide bonds. The van der Waals surface area contributed by atoms with Crippen LogP contribution < -0.4 is 5.73 Å². The van der Waals surface area contributed by atoms with Gasteiger partial charge in [-0.2, -0.15) is 5.10 Å². The average molecular weight is 243 g/mol. The second-order valence-corrected chi connectivity index (χ2v) is 5.73. The van der Waals surface area contributed by atoms with Crippen LogP contribution in [0.25, 0.3) is 0 Å². The highest BCUT2D eigenvalue weighted by Gasteiger charge is 2.16. The lowest BCUT2D eigenvalue weighted by atomic mass is 9.86. The van der Waals surface area contributed by atoms with E-state index in [1.54, 1.807) is 6.20 Å². The minimum absolute atomic E-state index is 0.119. The number of hydrogen-bond acceptors (Lipinski definition) is 2. The summed E-state index contributed by atoms with van der Waals surface area (Å²) in [5.41, 5.74) is 9.90. The first-order chi connectivity index (χ1) is 8.39. The van der Waals surface area contributed by atoms with Gasteiger partial charge in [-0.05, 0) is 22.6 Å². The molecule has 0 aliphatic carbocycles. The quantitative estimate of drug-likeness (QED) is 0.881. The highest BCUT2D eigenvalue weighted by molar-refractivity contribution is 5.32. The predicted molar refractivity (Wildman–Crippen MR) is 74.4 cm³/mol. The van der Waals surface area contributed by atoms with Crippen molar-refractivity contribution in [2.45, 2.75) is 32.2 Å². The van der Waals surface area contributed by atoms with E-state index >= 15 is 0 Å². The van der Waals surface area contributed by atoms with Crippen molar-refractivity contribution in [1.29, 1.82) is 0 Å². The molecule has 1 unspecified atom stereocenters. The van der Waals surface area contributed by atoms with E-state index in [4.69, 9.17) is 5.73 Å². The summed E-state index contributed by atoms with van der Waals surface area (Å²) in [6.45, 7) is 6.63. The summed E-state index contributed by atoms with van der Waals surface area (Å²) in [6, 6.07) is 10.4. The molecule has 1 heterocycles. The smallest absolute Gasteiger partial charge is 0.0723 e. The molecule has 3 heteroatoms. The molecule has 2 N–H and O–H groups in total. The lowest BCUT2D eigenvalue weighted by Crippen LogP contribution is -2.17. The van der Waals surface area contributed by atoms with E-state index in [1.165, 1.54) is 5.56 Å². The minimum Gasteiger partial charge on any atom is -0.319 e. The van der Waals surface area contributed by atoms with E-state index in [9.17, 15) is 0 Å². The van der Waals surface area contributed by atoms with Gasteiger partial charge in [0.2, 0.25) is 0 Å². The zero-order chi connectivity index (χ0) is 13.3. The molecular formula is C15H21N3. The number of nitrogens with zero attached hydrogens (tertiary/aromatic N) is 2. The van der Waals surface area contributed by atoms with Crippen LogP contribution in [-0.4, -0.2) is 9.78 Å². The molecular weight excluding hydrogens is 222 g/mol. The van der Waals surface area contributed by atoms with Crippen molar-refractivity contribution >= 4 is 0 Å². The van der Waals surface area contributed by atoms with Gasteiger partial charge in [-0.15, -0.1) is 0 Å². The molecule has 0 saturated heterocycles. The van der Waals surface area contributed by atoms with Crippen molar-refractivity contribution in [3.63, 3.8) is 0 Å². The predicted octanol–water partition coefficient (Wildman–Crippen LogP) is 2.77. The molecule has 2 aromatic rings. The van der Waals surface area contributed by atoms with E-state index in [1.807, 2.05) is 17.8 Å². The molecule has 0 bridgehead atoms. The number of aryl methyl sites for hydroxylation is 1. The van der Waals surface area contributed by atoms with Crippen molar-refractivity contribution in [2.75, 3.05) is 0 Å². The van der Waals surface area contributed by atoms with Gasteiger partial charge in [0.1, 0.15) is 0 Å². The topological polar surface area (TPSA) is 43.8 Å². The first-order valence-corrected chi connectivity index (χ1v) is 6.23. The third kappa shape index (κ3) is 2.46. The molecule has 3 nitrogen and oxygen atoms in total. The Labute approximate surface area is 109 Å². The summed E-state index contributed by atoms with van der Waals surface area (Å²) in [7, 11) is 1.92. The number of hydrogen-bond donors (Lipinski definition) is 1. The Morgan fingerprint density at radius 3 is 2.17 bits per heavy atom. The number of aromatic nitrogens is 2. The van der Waals surface area contributed by atoms with Crippen LogP contribution in [0.5, 0.6) is 0 Å². The molecule has 96 valence electrons. The molecule has 0 aliphatic rings. The number of rotatable bonds is 2. The Bertz CT molecular complexity index is 517. The van der Waals surface area contributed by atoms with E-state index in [2.05, 4.69) is 50.1 Å². The van der Waals surface area contributed by atoms with Gasteiger partial charge in [0.05, 0.1) is 11.7 Å². The fraction of sp³-hybridized carbons (Fsp3) is 0.400. The summed E-state index contributed by atoms with van der Waals surface area (Å²) in [5.74, 6) is 0. The van der Waals surface area contributed by atoms with Crippen LogP contribution in [0, 0.1) is 0 Å². The summed E-state index contributed by atoms with van der Waals surface area (Å²) in [6.07, 6.45) is 1.78. The summed E-state index contributed by atoms with van der Waals surface area (Å²) in [4.78, 5) is 0. The van der Waals surface area contributed by atoms with Crippen molar-refractivity contribution in [3.05, 3.63) is 53.3 Å². The van der Waals surface area contributed by atoms with E-state index in [0.29, 0.717) is 0 Å². The second kappa shape index (κ2) is 4.58. The van der Waals surface area contributed by atoms with E-state index in [-0.39, 0.29) is 11.5 Å². The van der Waals surface area contributed by atoms with Gasteiger partial charge in [0.15, 0.2) is 0 Å². The SMILES string of the molecule is Cn1nccc1C(N)c1ccc(C(C)(C)C)cc1. The van der Waals surface area contributed by atoms with Gasteiger partial charge in [0.25, 0.3) is 0 Å². The van der Waals surface area contributed by atoms with Crippen molar-refractivity contribution in [3.8, 4) is 0 Å². The van der Waals surface area contributed by atoms with Crippen LogP contribution in [0.15, 0.2) is 36.5 Å². The van der Waals surface area contributed by atoms with Gasteiger partial charge >= 0.3 is 0 Å². The van der Waals surface area contributed by atoms with Crippen molar-refractivity contribution < 1.29 is 0 Å². The second-order valence-electron chi connectivity index (χ2n) is 5.73. The first kappa shape index (κ1) is 12.8. The lowest BCUT2D eigenvalue weighted by molar-refractivity contribution is 0.589. The maximum absolute atomic E-state index is 6.26. The van der Waals surface area contributed by atoms with Gasteiger partial charge in [0, 0.05) is 13.2 Å². The molecule has 18 heavy (non-hydrogen) atoms. The molecule has 0 fully saturated rings. The van der Waals surface area contributed by atoms with Crippen LogP contribution in [0.3, 0.4) is 0 Å². The zero-order valence-corrected chi connectivity index (χ0v) is 11.5. The highest BCUT2D eigenvalue weighted by Crippen LogP contribution is 2.25. The van der Waals surface area contributed by atoms with Crippen LogP contribution in [0.1, 0.15) is 43.6 Å². The molecule has 2 rings (SSSR count). The lowest BCUT2D eigenvalue weighted by Gasteiger charge is -2.20. The van der Waals surface area contributed by atoms with Crippen molar-refractivity contribution in [1.82, 2.24) is 9.78 Å². The fourth-order valence-corrected chi connectivity index (χ4v) is 2.05. The molecule has 0 aliphatic heterocycles. The fourth-order valence-electron chi connectivity index (χ4n) is 2.05. The Morgan fingerprint density at radius 1 is 1.11 bits per heavy atom. The number of benzene rings is 1. The first-order valence-electron chi connectivity index (χ1n) is 6.23. The maximum Gasteiger partial charge on any atom is 0.0723 e. The highest BCUT2D eigenvalue weighted by atomic mass is 15.3. The Hall–Kier alpha value is -1.61. The molecule has 1 aromatic heterocycles. The van der Waals surface area contributed by atoms with Crippen LogP contribution in [0.4, 0.5) is 0 Å². The Morgan fingerprint density at radius 2 is 1.72 bits per heavy atom. The Balaban J connectivity index is 2.28. The number of nitrogens with two attached hydrogens (primary N) is 1. The summed E-state index contributed by atoms with van der Waals surface area (Å²) >= 11 is 0. The molecule has 0 saturated carbocycles.